The first-order chi connectivity index (χ1) is 6.06. The molecule has 0 saturated heterocycles. The van der Waals surface area contributed by atoms with Crippen molar-refractivity contribution < 1.29 is 23.1 Å². The van der Waals surface area contributed by atoms with Crippen molar-refractivity contribution in [3.8, 4) is 0 Å². The maximum absolute atomic E-state index is 5.55. The van der Waals surface area contributed by atoms with Gasteiger partial charge in [0.15, 0.2) is 0 Å². The Morgan fingerprint density at radius 1 is 1.00 bits per heavy atom. The maximum atomic E-state index is 5.55. The number of nitrogens with zero attached hydrogens (tertiary/aromatic N) is 1. The Morgan fingerprint density at radius 3 is 1.67 bits per heavy atom. The first-order valence-electron chi connectivity index (χ1n) is 5.18. The molecule has 0 aromatic carbocycles. The van der Waals surface area contributed by atoms with E-state index in [1.54, 1.807) is 0 Å². The molecule has 0 bridgehead atoms. The molecule has 0 N–H and O–H groups in total. The summed E-state index contributed by atoms with van der Waals surface area (Å²) >= 11 is -0.306. The van der Waals surface area contributed by atoms with E-state index < -0.39 is 0 Å². The summed E-state index contributed by atoms with van der Waals surface area (Å²) in [6.07, 6.45) is 0. The fourth-order valence-corrected chi connectivity index (χ4v) is 3.05. The standard InChI is InChI=1S/C8H18N.C2H5O.2ClH.Ti/c1-7(2)5-9-6-8(3)4;1-2-3;;;/h7-8H,5-6H2,1-4H3;2H2,1H3;2*1H;/q2*-1;;;+2. The van der Waals surface area contributed by atoms with Gasteiger partial charge in [0.05, 0.1) is 0 Å². The van der Waals surface area contributed by atoms with Crippen molar-refractivity contribution >= 4 is 24.8 Å². The van der Waals surface area contributed by atoms with E-state index in [1.165, 1.54) is 13.1 Å². The van der Waals surface area contributed by atoms with E-state index in [1.807, 2.05) is 0 Å². The molecule has 0 atom stereocenters. The monoisotopic (exact) mass is 293 g/mol. The van der Waals surface area contributed by atoms with Crippen molar-refractivity contribution in [1.29, 1.82) is 0 Å². The fraction of sp³-hybridized carbons (Fsp3) is 1.00. The van der Waals surface area contributed by atoms with E-state index in [2.05, 4.69) is 38.0 Å². The van der Waals surface area contributed by atoms with Crippen LogP contribution in [0.1, 0.15) is 34.6 Å². The SMILES string of the molecule is CC[O][Ti][N](CC(C)C)CC(C)C.Cl.Cl. The average molecular weight is 294 g/mol. The van der Waals surface area contributed by atoms with Crippen LogP contribution in [0.3, 0.4) is 0 Å². The van der Waals surface area contributed by atoms with Crippen LogP contribution in [0.15, 0.2) is 0 Å². The van der Waals surface area contributed by atoms with Crippen LogP contribution in [-0.2, 0) is 23.1 Å². The molecular weight excluding hydrogens is 269 g/mol. The Kier molecular flexibility index (Phi) is 19.0. The molecule has 94 valence electrons. The van der Waals surface area contributed by atoms with Gasteiger partial charge in [-0.3, -0.25) is 0 Å². The van der Waals surface area contributed by atoms with Crippen LogP contribution in [0.25, 0.3) is 0 Å². The fourth-order valence-electron chi connectivity index (χ4n) is 1.19. The van der Waals surface area contributed by atoms with Gasteiger partial charge in [0.2, 0.25) is 0 Å². The van der Waals surface area contributed by atoms with Crippen molar-refractivity contribution in [3.63, 3.8) is 0 Å². The van der Waals surface area contributed by atoms with Crippen molar-refractivity contribution in [1.82, 2.24) is 3.38 Å². The van der Waals surface area contributed by atoms with Crippen LogP contribution in [0.5, 0.6) is 0 Å². The van der Waals surface area contributed by atoms with Crippen LogP contribution < -0.4 is 0 Å². The summed E-state index contributed by atoms with van der Waals surface area (Å²) in [6, 6.07) is 0. The Balaban J connectivity index is -0.000000720. The molecule has 2 nitrogen and oxygen atoms in total. The van der Waals surface area contributed by atoms with Gasteiger partial charge in [0, 0.05) is 0 Å². The minimum absolute atomic E-state index is 0. The zero-order valence-corrected chi connectivity index (χ0v) is 13.6. The van der Waals surface area contributed by atoms with Crippen molar-refractivity contribution in [3.05, 3.63) is 0 Å². The third kappa shape index (κ3) is 15.2. The Morgan fingerprint density at radius 2 is 1.40 bits per heavy atom. The molecule has 0 aliphatic heterocycles. The molecule has 0 saturated carbocycles. The third-order valence-corrected chi connectivity index (χ3v) is 3.13. The van der Waals surface area contributed by atoms with Gasteiger partial charge < -0.3 is 0 Å². The molecular formula is C10H25Cl2NOTi. The Labute approximate surface area is 117 Å². The van der Waals surface area contributed by atoms with E-state index in [0.29, 0.717) is 0 Å². The van der Waals surface area contributed by atoms with Gasteiger partial charge in [-0.05, 0) is 0 Å². The quantitative estimate of drug-likeness (QED) is 0.667. The smallest absolute Gasteiger partial charge is 0.147 e. The van der Waals surface area contributed by atoms with Crippen molar-refractivity contribution in [2.24, 2.45) is 11.8 Å². The molecule has 0 aromatic rings. The van der Waals surface area contributed by atoms with E-state index >= 15 is 0 Å². The minimum Gasteiger partial charge on any atom is -0.147 e. The zero-order chi connectivity index (χ0) is 10.3. The van der Waals surface area contributed by atoms with Crippen LogP contribution in [-0.4, -0.2) is 23.1 Å². The van der Waals surface area contributed by atoms with E-state index in [4.69, 9.17) is 3.32 Å². The summed E-state index contributed by atoms with van der Waals surface area (Å²) in [5.41, 5.74) is 0. The summed E-state index contributed by atoms with van der Waals surface area (Å²) in [5.74, 6) is 1.51. The molecule has 0 aromatic heterocycles. The summed E-state index contributed by atoms with van der Waals surface area (Å²) in [6.45, 7) is 14.4. The predicted octanol–water partition coefficient (Wildman–Crippen LogP) is 3.39. The van der Waals surface area contributed by atoms with E-state index in [-0.39, 0.29) is 44.6 Å². The third-order valence-electron chi connectivity index (χ3n) is 1.51. The molecule has 0 rings (SSSR count). The second-order valence-corrected chi connectivity index (χ2v) is 5.94. The van der Waals surface area contributed by atoms with Crippen LogP contribution in [0.4, 0.5) is 0 Å². The van der Waals surface area contributed by atoms with Gasteiger partial charge in [-0.2, -0.15) is 0 Å². The van der Waals surface area contributed by atoms with Gasteiger partial charge in [-0.1, -0.05) is 0 Å². The summed E-state index contributed by atoms with van der Waals surface area (Å²) in [4.78, 5) is 0. The van der Waals surface area contributed by atoms with Crippen molar-refractivity contribution in [2.45, 2.75) is 34.6 Å². The van der Waals surface area contributed by atoms with Gasteiger partial charge in [0.25, 0.3) is 0 Å². The van der Waals surface area contributed by atoms with Gasteiger partial charge in [-0.25, -0.2) is 0 Å². The topological polar surface area (TPSA) is 12.5 Å². The summed E-state index contributed by atoms with van der Waals surface area (Å²) in [5, 5.41) is 0. The predicted molar refractivity (Wildman–Crippen MR) is 67.4 cm³/mol. The molecule has 0 heterocycles. The van der Waals surface area contributed by atoms with E-state index in [9.17, 15) is 0 Å². The minimum atomic E-state index is -0.306. The molecule has 0 spiro atoms. The van der Waals surface area contributed by atoms with Gasteiger partial charge in [-0.15, -0.1) is 24.8 Å². The molecule has 0 aliphatic carbocycles. The normalized spacial score (nSPS) is 10.1. The van der Waals surface area contributed by atoms with Crippen LogP contribution in [0.2, 0.25) is 0 Å². The second kappa shape index (κ2) is 13.3. The van der Waals surface area contributed by atoms with Crippen LogP contribution >= 0.6 is 24.8 Å². The first kappa shape index (κ1) is 21.5. The molecule has 0 fully saturated rings. The van der Waals surface area contributed by atoms with Gasteiger partial charge in [0.1, 0.15) is 0 Å². The molecule has 0 aliphatic rings. The number of hydrogen-bond donors (Lipinski definition) is 0. The maximum Gasteiger partial charge on any atom is -0.147 e. The largest absolute Gasteiger partial charge is 0.147 e. The summed E-state index contributed by atoms with van der Waals surface area (Å²) < 4.78 is 8.06. The molecule has 0 radical (unpaired) electrons. The van der Waals surface area contributed by atoms with Crippen molar-refractivity contribution in [2.75, 3.05) is 19.7 Å². The zero-order valence-electron chi connectivity index (χ0n) is 10.4. The number of hydrogen-bond acceptors (Lipinski definition) is 2. The molecule has 0 amide bonds. The first-order valence-corrected chi connectivity index (χ1v) is 6.52. The summed E-state index contributed by atoms with van der Waals surface area (Å²) in [7, 11) is 0. The molecule has 0 unspecified atom stereocenters. The Hall–Kier alpha value is 1.21. The average Bonchev–Trinajstić information content (AvgIpc) is 1.98. The number of halogens is 2. The second-order valence-electron chi connectivity index (χ2n) is 4.22. The van der Waals surface area contributed by atoms with Crippen LogP contribution in [0, 0.1) is 11.8 Å². The molecule has 5 heteroatoms. The van der Waals surface area contributed by atoms with Gasteiger partial charge >= 0.3 is 92.6 Å². The van der Waals surface area contributed by atoms with E-state index in [0.717, 1.165) is 18.4 Å². The number of rotatable bonds is 7. The molecule has 15 heavy (non-hydrogen) atoms. The Bertz CT molecular complexity index is 116.